The lowest BCUT2D eigenvalue weighted by Gasteiger charge is -2.34. The molecular formula is C14H20N2O3. The van der Waals surface area contributed by atoms with Crippen molar-refractivity contribution < 1.29 is 14.3 Å². The maximum atomic E-state index is 11.8. The number of rotatable bonds is 4. The van der Waals surface area contributed by atoms with Crippen molar-refractivity contribution in [2.24, 2.45) is 4.99 Å². The van der Waals surface area contributed by atoms with Gasteiger partial charge in [0.15, 0.2) is 0 Å². The molecule has 2 saturated heterocycles. The van der Waals surface area contributed by atoms with Crippen LogP contribution in [0.5, 0.6) is 0 Å². The molecule has 0 amide bonds. The van der Waals surface area contributed by atoms with E-state index in [0.717, 1.165) is 25.9 Å². The zero-order valence-corrected chi connectivity index (χ0v) is 11.5. The van der Waals surface area contributed by atoms with E-state index < -0.39 is 0 Å². The van der Waals surface area contributed by atoms with E-state index in [1.54, 1.807) is 12.2 Å². The van der Waals surface area contributed by atoms with Crippen LogP contribution in [0, 0.1) is 0 Å². The molecule has 0 saturated carbocycles. The fraction of sp³-hybridized carbons (Fsp3) is 0.571. The summed E-state index contributed by atoms with van der Waals surface area (Å²) in [4.78, 5) is 18.0. The summed E-state index contributed by atoms with van der Waals surface area (Å²) >= 11 is 0. The van der Waals surface area contributed by atoms with E-state index in [0.29, 0.717) is 11.4 Å². The molecule has 5 nitrogen and oxygen atoms in total. The van der Waals surface area contributed by atoms with Crippen LogP contribution in [-0.2, 0) is 14.3 Å². The fourth-order valence-corrected chi connectivity index (χ4v) is 2.65. The van der Waals surface area contributed by atoms with Gasteiger partial charge in [-0.25, -0.2) is 9.79 Å². The molecule has 2 aliphatic heterocycles. The molecule has 104 valence electrons. The monoisotopic (exact) mass is 264 g/mol. The van der Waals surface area contributed by atoms with Crippen LogP contribution in [0.4, 0.5) is 0 Å². The second kappa shape index (κ2) is 6.02. The number of fused-ring (bicyclic) bond motifs is 2. The third-order valence-electron chi connectivity index (χ3n) is 3.47. The number of hydrogen-bond acceptors (Lipinski definition) is 5. The molecule has 2 rings (SSSR count). The Labute approximate surface area is 113 Å². The van der Waals surface area contributed by atoms with Gasteiger partial charge in [-0.3, -0.25) is 0 Å². The van der Waals surface area contributed by atoms with Gasteiger partial charge in [-0.2, -0.15) is 0 Å². The summed E-state index contributed by atoms with van der Waals surface area (Å²) in [7, 11) is 1.37. The molecule has 5 heteroatoms. The zero-order chi connectivity index (χ0) is 13.8. The maximum Gasteiger partial charge on any atom is 0.341 e. The van der Waals surface area contributed by atoms with Gasteiger partial charge in [-0.1, -0.05) is 6.08 Å². The minimum atomic E-state index is -0.390. The molecule has 0 aromatic carbocycles. The molecule has 19 heavy (non-hydrogen) atoms. The highest BCUT2D eigenvalue weighted by Crippen LogP contribution is 2.29. The van der Waals surface area contributed by atoms with E-state index >= 15 is 0 Å². The van der Waals surface area contributed by atoms with Gasteiger partial charge in [0.2, 0.25) is 0 Å². The summed E-state index contributed by atoms with van der Waals surface area (Å²) in [5, 5.41) is 0. The molecule has 0 spiro atoms. The third-order valence-corrected chi connectivity index (χ3v) is 3.47. The number of carbonyl (C=O) groups excluding carboxylic acids is 1. The largest absolute Gasteiger partial charge is 0.465 e. The third kappa shape index (κ3) is 2.87. The van der Waals surface area contributed by atoms with Crippen LogP contribution in [0.15, 0.2) is 28.5 Å². The molecular weight excluding hydrogens is 244 g/mol. The van der Waals surface area contributed by atoms with Crippen molar-refractivity contribution in [3.63, 3.8) is 0 Å². The first kappa shape index (κ1) is 13.8. The Kier molecular flexibility index (Phi) is 4.37. The maximum absolute atomic E-state index is 11.8. The van der Waals surface area contributed by atoms with E-state index in [4.69, 9.17) is 9.47 Å². The van der Waals surface area contributed by atoms with Gasteiger partial charge in [-0.15, -0.1) is 0 Å². The van der Waals surface area contributed by atoms with Crippen molar-refractivity contribution in [2.45, 2.75) is 32.0 Å². The summed E-state index contributed by atoms with van der Waals surface area (Å²) in [6.45, 7) is 6.95. The molecule has 0 radical (unpaired) electrons. The van der Waals surface area contributed by atoms with Gasteiger partial charge in [0.1, 0.15) is 11.4 Å². The lowest BCUT2D eigenvalue weighted by atomic mass is 10.2. The Hall–Kier alpha value is -1.62. The normalized spacial score (nSPS) is 27.4. The first-order valence-electron chi connectivity index (χ1n) is 6.52. The number of carbonyl (C=O) groups is 1. The lowest BCUT2D eigenvalue weighted by Crippen LogP contribution is -2.42. The number of likely N-dealkylation sites (tertiary alicyclic amines) is 1. The minimum Gasteiger partial charge on any atom is -0.465 e. The van der Waals surface area contributed by atoms with E-state index in [-0.39, 0.29) is 18.2 Å². The van der Waals surface area contributed by atoms with Crippen molar-refractivity contribution >= 4 is 12.7 Å². The topological polar surface area (TPSA) is 51.1 Å². The van der Waals surface area contributed by atoms with Crippen LogP contribution in [0.25, 0.3) is 0 Å². The Morgan fingerprint density at radius 2 is 2.05 bits per heavy atom. The Morgan fingerprint density at radius 3 is 2.53 bits per heavy atom. The van der Waals surface area contributed by atoms with E-state index in [2.05, 4.69) is 16.6 Å². The summed E-state index contributed by atoms with van der Waals surface area (Å²) < 4.78 is 10.6. The van der Waals surface area contributed by atoms with Crippen molar-refractivity contribution in [1.82, 2.24) is 4.90 Å². The van der Waals surface area contributed by atoms with Gasteiger partial charge in [0.05, 0.1) is 19.3 Å². The van der Waals surface area contributed by atoms with Crippen LogP contribution < -0.4 is 0 Å². The van der Waals surface area contributed by atoms with Crippen LogP contribution >= 0.6 is 0 Å². The summed E-state index contributed by atoms with van der Waals surface area (Å²) in [6, 6.07) is 0. The highest BCUT2D eigenvalue weighted by molar-refractivity contribution is 5.92. The number of nitrogens with zero attached hydrogens (tertiary/aromatic N) is 2. The molecule has 2 aliphatic rings. The average molecular weight is 264 g/mol. The van der Waals surface area contributed by atoms with Gasteiger partial charge < -0.3 is 14.4 Å². The number of hydrogen-bond donors (Lipinski definition) is 0. The molecule has 0 N–H and O–H groups in total. The first-order chi connectivity index (χ1) is 9.19. The number of ether oxygens (including phenoxy) is 2. The Bertz CT molecular complexity index is 416. The molecule has 2 unspecified atom stereocenters. The molecule has 2 fully saturated rings. The molecule has 0 aromatic heterocycles. The molecule has 2 bridgehead atoms. The molecule has 2 atom stereocenters. The van der Waals surface area contributed by atoms with Crippen molar-refractivity contribution in [1.29, 1.82) is 0 Å². The molecule has 2 heterocycles. The highest BCUT2D eigenvalue weighted by atomic mass is 16.5. The van der Waals surface area contributed by atoms with Gasteiger partial charge in [-0.05, 0) is 32.6 Å². The standard InChI is InChI=1S/C14H20N2O3/c1-4-5-12(14(17)18-3)13(15-2)16-8-10-6-7-11(9-16)19-10/h4-5,10-11H,2,6-9H2,1,3H3/b5-4-,13-12-. The predicted octanol–water partition coefficient (Wildman–Crippen LogP) is 1.51. The van der Waals surface area contributed by atoms with Crippen LogP contribution in [0.2, 0.25) is 0 Å². The van der Waals surface area contributed by atoms with Gasteiger partial charge in [0.25, 0.3) is 0 Å². The molecule has 0 aromatic rings. The van der Waals surface area contributed by atoms with Crippen molar-refractivity contribution in [3.8, 4) is 0 Å². The Morgan fingerprint density at radius 1 is 1.42 bits per heavy atom. The Balaban J connectivity index is 2.30. The zero-order valence-electron chi connectivity index (χ0n) is 11.5. The highest BCUT2D eigenvalue weighted by Gasteiger charge is 2.35. The number of esters is 1. The van der Waals surface area contributed by atoms with E-state index in [1.807, 2.05) is 6.92 Å². The van der Waals surface area contributed by atoms with Crippen molar-refractivity contribution in [3.05, 3.63) is 23.5 Å². The predicted molar refractivity (Wildman–Crippen MR) is 72.9 cm³/mol. The van der Waals surface area contributed by atoms with Crippen LogP contribution in [-0.4, -0.2) is 50.0 Å². The second-order valence-electron chi connectivity index (χ2n) is 4.75. The smallest absolute Gasteiger partial charge is 0.341 e. The lowest BCUT2D eigenvalue weighted by molar-refractivity contribution is -0.136. The fourth-order valence-electron chi connectivity index (χ4n) is 2.65. The summed E-state index contributed by atoms with van der Waals surface area (Å²) in [5.74, 6) is 0.199. The number of aliphatic imine (C=N–C) groups is 1. The number of allylic oxidation sites excluding steroid dienone is 1. The average Bonchev–Trinajstić information content (AvgIpc) is 2.76. The number of methoxy groups -OCH3 is 1. The quantitative estimate of drug-likeness (QED) is 0.334. The minimum absolute atomic E-state index is 0.236. The summed E-state index contributed by atoms with van der Waals surface area (Å²) in [6.07, 6.45) is 6.13. The van der Waals surface area contributed by atoms with E-state index in [9.17, 15) is 4.79 Å². The van der Waals surface area contributed by atoms with Gasteiger partial charge >= 0.3 is 5.97 Å². The van der Waals surface area contributed by atoms with Crippen LogP contribution in [0.1, 0.15) is 19.8 Å². The second-order valence-corrected chi connectivity index (χ2v) is 4.75. The summed E-state index contributed by atoms with van der Waals surface area (Å²) in [5.41, 5.74) is 0.446. The number of morpholine rings is 1. The van der Waals surface area contributed by atoms with Gasteiger partial charge in [0, 0.05) is 13.1 Å². The van der Waals surface area contributed by atoms with Crippen LogP contribution in [0.3, 0.4) is 0 Å². The SMILES string of the molecule is C=N/C(=C(\C=C/C)C(=O)OC)N1CC2CCC(C1)O2. The van der Waals surface area contributed by atoms with Crippen molar-refractivity contribution in [2.75, 3.05) is 20.2 Å². The molecule has 0 aliphatic carbocycles. The first-order valence-corrected chi connectivity index (χ1v) is 6.52. The van der Waals surface area contributed by atoms with E-state index in [1.165, 1.54) is 7.11 Å².